The molecule has 13 heteroatoms. The Morgan fingerprint density at radius 2 is 1.38 bits per heavy atom. The number of hydrogen-bond acceptors (Lipinski definition) is 10. The molecule has 5 aromatic rings. The van der Waals surface area contributed by atoms with Crippen molar-refractivity contribution in [2.45, 2.75) is 51.2 Å². The van der Waals surface area contributed by atoms with E-state index in [9.17, 15) is 4.79 Å². The van der Waals surface area contributed by atoms with Crippen LogP contribution in [-0.2, 0) is 24.3 Å². The SMILES string of the molecule is COc1nc(-c2cccc(-c3cccc(-c4cnc(CNCc5ncccn5)c(OC)n4)c3Cl)c2Cl)cnc1CCC[C@@H]1CCC(=O)N1. The molecule has 0 saturated carbocycles. The molecule has 2 N–H and O–H groups in total. The van der Waals surface area contributed by atoms with Crippen molar-refractivity contribution in [1.29, 1.82) is 0 Å². The molecule has 0 aliphatic carbocycles. The maximum absolute atomic E-state index is 11.5. The van der Waals surface area contributed by atoms with Gasteiger partial charge in [-0.15, -0.1) is 0 Å². The summed E-state index contributed by atoms with van der Waals surface area (Å²) < 4.78 is 11.2. The van der Waals surface area contributed by atoms with E-state index in [0.717, 1.165) is 36.1 Å². The Morgan fingerprint density at radius 1 is 0.792 bits per heavy atom. The fraction of sp³-hybridized carbons (Fsp3) is 0.286. The van der Waals surface area contributed by atoms with Gasteiger partial charge in [-0.25, -0.2) is 19.9 Å². The van der Waals surface area contributed by atoms with Gasteiger partial charge in [0.05, 0.1) is 54.6 Å². The number of aromatic nitrogens is 6. The Labute approximate surface area is 288 Å². The van der Waals surface area contributed by atoms with Crippen LogP contribution >= 0.6 is 23.2 Å². The topological polar surface area (TPSA) is 137 Å². The summed E-state index contributed by atoms with van der Waals surface area (Å²) in [7, 11) is 3.14. The third kappa shape index (κ3) is 7.54. The summed E-state index contributed by atoms with van der Waals surface area (Å²) in [6.07, 6.45) is 10.7. The number of amides is 1. The van der Waals surface area contributed by atoms with Crippen molar-refractivity contribution in [3.63, 3.8) is 0 Å². The summed E-state index contributed by atoms with van der Waals surface area (Å²) in [4.78, 5) is 38.7. The first-order chi connectivity index (χ1) is 23.4. The lowest BCUT2D eigenvalue weighted by atomic mass is 9.98. The van der Waals surface area contributed by atoms with Crippen LogP contribution in [0.15, 0.2) is 67.3 Å². The molecular weight excluding hydrogens is 651 g/mol. The first-order valence-corrected chi connectivity index (χ1v) is 16.3. The van der Waals surface area contributed by atoms with Crippen LogP contribution in [0.3, 0.4) is 0 Å². The highest BCUT2D eigenvalue weighted by molar-refractivity contribution is 6.39. The van der Waals surface area contributed by atoms with Crippen LogP contribution in [0.25, 0.3) is 33.6 Å². The number of nitrogens with one attached hydrogen (secondary N) is 2. The van der Waals surface area contributed by atoms with Gasteiger partial charge in [-0.1, -0.05) is 59.6 Å². The largest absolute Gasteiger partial charge is 0.480 e. The van der Waals surface area contributed by atoms with Crippen LogP contribution in [0, 0.1) is 0 Å². The molecule has 1 aliphatic rings. The van der Waals surface area contributed by atoms with Crippen molar-refractivity contribution in [2.75, 3.05) is 14.2 Å². The fourth-order valence-electron chi connectivity index (χ4n) is 5.67. The van der Waals surface area contributed by atoms with Gasteiger partial charge in [-0.2, -0.15) is 0 Å². The maximum atomic E-state index is 11.5. The first-order valence-electron chi connectivity index (χ1n) is 15.6. The Morgan fingerprint density at radius 3 is 1.96 bits per heavy atom. The number of carbonyl (C=O) groups excluding carboxylic acids is 1. The second-order valence-corrected chi connectivity index (χ2v) is 12.0. The molecule has 0 spiro atoms. The minimum Gasteiger partial charge on any atom is -0.480 e. The van der Waals surface area contributed by atoms with Gasteiger partial charge in [0.1, 0.15) is 17.2 Å². The number of aryl methyl sites for hydroxylation is 1. The zero-order valence-corrected chi connectivity index (χ0v) is 28.1. The average molecular weight is 686 g/mol. The molecule has 0 radical (unpaired) electrons. The minimum absolute atomic E-state index is 0.122. The molecule has 3 aromatic heterocycles. The Balaban J connectivity index is 1.21. The summed E-state index contributed by atoms with van der Waals surface area (Å²) in [5, 5.41) is 7.23. The summed E-state index contributed by atoms with van der Waals surface area (Å²) in [5.41, 5.74) is 5.38. The number of halogens is 2. The van der Waals surface area contributed by atoms with Gasteiger partial charge >= 0.3 is 0 Å². The van der Waals surface area contributed by atoms with Gasteiger partial charge in [0.25, 0.3) is 0 Å². The smallest absolute Gasteiger partial charge is 0.237 e. The molecule has 0 unspecified atom stereocenters. The zero-order valence-electron chi connectivity index (χ0n) is 26.5. The Hall–Kier alpha value is -4.71. The standard InChI is InChI=1S/C35H34Cl2N8O3/c1-47-34-26(12-3-7-21-13-14-31(46)43-21)41-18-27(44-34)24-10-4-8-22(32(24)36)23-9-5-11-25(33(23)37)28-19-42-29(35(45-28)48-2)17-38-20-30-39-15-6-16-40-30/h4-6,8-11,15-16,18-19,21,38H,3,7,12-14,17,20H2,1-2H3,(H,43,46)/t21-/m1/s1. The minimum atomic E-state index is 0.122. The van der Waals surface area contributed by atoms with Gasteiger partial charge in [-0.05, 0) is 31.7 Å². The molecule has 1 atom stereocenters. The van der Waals surface area contributed by atoms with Gasteiger partial charge in [0, 0.05) is 53.7 Å². The Bertz CT molecular complexity index is 1910. The highest BCUT2D eigenvalue weighted by Crippen LogP contribution is 2.42. The normalized spacial score (nSPS) is 14.2. The highest BCUT2D eigenvalue weighted by atomic mass is 35.5. The van der Waals surface area contributed by atoms with E-state index < -0.39 is 0 Å². The fourth-order valence-corrected chi connectivity index (χ4v) is 6.32. The zero-order chi connectivity index (χ0) is 33.5. The van der Waals surface area contributed by atoms with Crippen molar-refractivity contribution in [3.8, 4) is 45.4 Å². The van der Waals surface area contributed by atoms with Crippen LogP contribution in [0.1, 0.15) is 42.9 Å². The molecule has 4 heterocycles. The molecule has 48 heavy (non-hydrogen) atoms. The molecular formula is C35H34Cl2N8O3. The number of rotatable bonds is 13. The van der Waals surface area contributed by atoms with Gasteiger partial charge in [-0.3, -0.25) is 14.8 Å². The van der Waals surface area contributed by atoms with E-state index in [1.54, 1.807) is 45.1 Å². The summed E-state index contributed by atoms with van der Waals surface area (Å²) in [5.74, 6) is 1.64. The van der Waals surface area contributed by atoms with Crippen molar-refractivity contribution in [1.82, 2.24) is 40.5 Å². The lowest BCUT2D eigenvalue weighted by Gasteiger charge is -2.15. The number of carbonyl (C=O) groups is 1. The van der Waals surface area contributed by atoms with E-state index in [0.29, 0.717) is 81.8 Å². The highest BCUT2D eigenvalue weighted by Gasteiger charge is 2.22. The third-order valence-corrected chi connectivity index (χ3v) is 8.91. The maximum Gasteiger partial charge on any atom is 0.237 e. The van der Waals surface area contributed by atoms with Crippen LogP contribution in [0.2, 0.25) is 10.0 Å². The average Bonchev–Trinajstić information content (AvgIpc) is 3.54. The molecule has 1 saturated heterocycles. The quantitative estimate of drug-likeness (QED) is 0.146. The lowest BCUT2D eigenvalue weighted by molar-refractivity contribution is -0.119. The van der Waals surface area contributed by atoms with Crippen LogP contribution in [0.5, 0.6) is 11.8 Å². The van der Waals surface area contributed by atoms with Crippen molar-refractivity contribution in [2.24, 2.45) is 0 Å². The third-order valence-electron chi connectivity index (χ3n) is 8.10. The van der Waals surface area contributed by atoms with Gasteiger partial charge in [0.2, 0.25) is 17.7 Å². The van der Waals surface area contributed by atoms with Crippen molar-refractivity contribution >= 4 is 29.1 Å². The number of nitrogens with zero attached hydrogens (tertiary/aromatic N) is 6. The summed E-state index contributed by atoms with van der Waals surface area (Å²) in [6, 6.07) is 13.4. The van der Waals surface area contributed by atoms with E-state index in [4.69, 9.17) is 42.6 Å². The van der Waals surface area contributed by atoms with E-state index >= 15 is 0 Å². The molecule has 11 nitrogen and oxygen atoms in total. The molecule has 0 bridgehead atoms. The van der Waals surface area contributed by atoms with Crippen LogP contribution in [-0.4, -0.2) is 56.1 Å². The molecule has 2 aromatic carbocycles. The van der Waals surface area contributed by atoms with Crippen molar-refractivity contribution in [3.05, 3.63) is 94.5 Å². The van der Waals surface area contributed by atoms with E-state index in [-0.39, 0.29) is 11.9 Å². The van der Waals surface area contributed by atoms with Crippen LogP contribution in [0.4, 0.5) is 0 Å². The first kappa shape index (κ1) is 33.2. The molecule has 1 aliphatic heterocycles. The monoisotopic (exact) mass is 684 g/mol. The lowest BCUT2D eigenvalue weighted by Crippen LogP contribution is -2.25. The van der Waals surface area contributed by atoms with Crippen LogP contribution < -0.4 is 20.1 Å². The molecule has 1 fully saturated rings. The Kier molecular flexibility index (Phi) is 10.7. The van der Waals surface area contributed by atoms with Crippen molar-refractivity contribution < 1.29 is 14.3 Å². The molecule has 1 amide bonds. The molecule has 6 rings (SSSR count). The number of benzene rings is 2. The molecule has 246 valence electrons. The van der Waals surface area contributed by atoms with E-state index in [2.05, 4.69) is 30.6 Å². The second-order valence-electron chi connectivity index (χ2n) is 11.2. The second kappa shape index (κ2) is 15.5. The number of hydrogen-bond donors (Lipinski definition) is 2. The predicted octanol–water partition coefficient (Wildman–Crippen LogP) is 6.27. The summed E-state index contributed by atoms with van der Waals surface area (Å²) >= 11 is 14.1. The number of methoxy groups -OCH3 is 2. The van der Waals surface area contributed by atoms with E-state index in [1.807, 2.05) is 36.4 Å². The number of ether oxygens (including phenoxy) is 2. The summed E-state index contributed by atoms with van der Waals surface area (Å²) in [6.45, 7) is 0.894. The van der Waals surface area contributed by atoms with Gasteiger partial charge < -0.3 is 20.1 Å². The van der Waals surface area contributed by atoms with Gasteiger partial charge in [0.15, 0.2) is 0 Å². The van der Waals surface area contributed by atoms with E-state index in [1.165, 1.54) is 0 Å². The predicted molar refractivity (Wildman–Crippen MR) is 184 cm³/mol.